The summed E-state index contributed by atoms with van der Waals surface area (Å²) >= 11 is 0. The Morgan fingerprint density at radius 1 is 1.03 bits per heavy atom. The number of nitrogens with one attached hydrogen (secondary N) is 1. The Kier molecular flexibility index (Phi) is 5.77. The zero-order valence-corrected chi connectivity index (χ0v) is 17.8. The van der Waals surface area contributed by atoms with Crippen molar-refractivity contribution in [1.82, 2.24) is 19.7 Å². The minimum absolute atomic E-state index is 0.0145. The van der Waals surface area contributed by atoms with Gasteiger partial charge in [0.1, 0.15) is 12.7 Å². The number of hydrogen-bond donors (Lipinski definition) is 3. The molecule has 0 spiro atoms. The van der Waals surface area contributed by atoms with E-state index < -0.39 is 18.3 Å². The first kappa shape index (κ1) is 21.1. The lowest BCUT2D eigenvalue weighted by atomic mass is 9.98. The first-order chi connectivity index (χ1) is 16.1. The smallest absolute Gasteiger partial charge is 0.407 e. The summed E-state index contributed by atoms with van der Waals surface area (Å²) in [6.07, 6.45) is 2.15. The number of fused-ring (bicyclic) bond motifs is 4. The summed E-state index contributed by atoms with van der Waals surface area (Å²) in [4.78, 5) is 20.5. The molecule has 3 N–H and O–H groups in total. The first-order valence-corrected chi connectivity index (χ1v) is 10.9. The van der Waals surface area contributed by atoms with Crippen molar-refractivity contribution in [2.45, 2.75) is 24.5 Å². The van der Waals surface area contributed by atoms with Crippen LogP contribution in [0.4, 0.5) is 4.79 Å². The van der Waals surface area contributed by atoms with Crippen LogP contribution in [-0.2, 0) is 4.74 Å². The minimum atomic E-state index is -1.16. The molecule has 0 bridgehead atoms. The monoisotopic (exact) mass is 444 g/mol. The molecule has 2 aromatic carbocycles. The lowest BCUT2D eigenvalue weighted by Crippen LogP contribution is -2.31. The number of imidazole rings is 1. The summed E-state index contributed by atoms with van der Waals surface area (Å²) in [7, 11) is 0. The van der Waals surface area contributed by atoms with Crippen LogP contribution in [0.5, 0.6) is 0 Å². The summed E-state index contributed by atoms with van der Waals surface area (Å²) in [6, 6.07) is 18.0. The number of ether oxygens (including phenoxy) is 1. The second-order valence-electron chi connectivity index (χ2n) is 8.03. The van der Waals surface area contributed by atoms with Crippen molar-refractivity contribution in [1.29, 1.82) is 0 Å². The third-order valence-electron chi connectivity index (χ3n) is 6.04. The molecule has 2 heterocycles. The van der Waals surface area contributed by atoms with Crippen molar-refractivity contribution in [3.8, 4) is 11.1 Å². The van der Waals surface area contributed by atoms with Gasteiger partial charge in [0.2, 0.25) is 5.78 Å². The molecule has 0 radical (unpaired) electrons. The van der Waals surface area contributed by atoms with Crippen molar-refractivity contribution in [3.05, 3.63) is 90.0 Å². The van der Waals surface area contributed by atoms with Gasteiger partial charge in [0.05, 0.1) is 18.0 Å². The minimum Gasteiger partial charge on any atom is -0.449 e. The standard InChI is InChI=1S/C25H24N4O4/c30-22(23(31)21-14-28-24-26-11-5-13-29(21)24)10-12-27-25(32)33-15-20-18-8-3-1-6-16(18)17-7-2-4-9-19(17)20/h1-9,11,13-14,20,22-23,30-31H,10,12,15H2,(H,27,32). The SMILES string of the molecule is O=C(NCCC(O)C(O)c1cnc2ncccn12)OCC1c2ccccc2-c2ccccc21. The number of nitrogens with zero attached hydrogens (tertiary/aromatic N) is 3. The molecule has 2 aromatic heterocycles. The van der Waals surface area contributed by atoms with E-state index in [0.717, 1.165) is 11.1 Å². The Labute approximate surface area is 190 Å². The Balaban J connectivity index is 1.14. The fourth-order valence-corrected chi connectivity index (χ4v) is 4.39. The Morgan fingerprint density at radius 2 is 1.73 bits per heavy atom. The fourth-order valence-electron chi connectivity index (χ4n) is 4.39. The van der Waals surface area contributed by atoms with Crippen LogP contribution in [0.2, 0.25) is 0 Å². The molecule has 5 rings (SSSR count). The van der Waals surface area contributed by atoms with Gasteiger partial charge in [-0.05, 0) is 34.7 Å². The van der Waals surface area contributed by atoms with E-state index in [1.807, 2.05) is 24.3 Å². The van der Waals surface area contributed by atoms with Crippen molar-refractivity contribution >= 4 is 11.9 Å². The number of alkyl carbamates (subject to hydrolysis) is 1. The second-order valence-corrected chi connectivity index (χ2v) is 8.03. The van der Waals surface area contributed by atoms with Crippen molar-refractivity contribution in [2.24, 2.45) is 0 Å². The fraction of sp³-hybridized carbons (Fsp3) is 0.240. The number of aliphatic hydroxyl groups excluding tert-OH is 2. The van der Waals surface area contributed by atoms with E-state index in [4.69, 9.17) is 4.74 Å². The maximum absolute atomic E-state index is 12.3. The van der Waals surface area contributed by atoms with E-state index in [0.29, 0.717) is 11.5 Å². The molecule has 8 heteroatoms. The van der Waals surface area contributed by atoms with Gasteiger partial charge in [0.25, 0.3) is 0 Å². The lowest BCUT2D eigenvalue weighted by Gasteiger charge is -2.18. The van der Waals surface area contributed by atoms with Gasteiger partial charge in [-0.25, -0.2) is 14.8 Å². The Bertz CT molecular complexity index is 1240. The summed E-state index contributed by atoms with van der Waals surface area (Å²) in [5.74, 6) is 0.426. The van der Waals surface area contributed by atoms with Crippen LogP contribution in [0.25, 0.3) is 16.9 Å². The highest BCUT2D eigenvalue weighted by molar-refractivity contribution is 5.79. The molecule has 0 saturated carbocycles. The third kappa shape index (κ3) is 4.06. The molecule has 4 aromatic rings. The molecule has 2 unspecified atom stereocenters. The molecular weight excluding hydrogens is 420 g/mol. The number of rotatable bonds is 7. The number of benzene rings is 2. The van der Waals surface area contributed by atoms with Crippen molar-refractivity contribution in [3.63, 3.8) is 0 Å². The average molecular weight is 444 g/mol. The Hall–Kier alpha value is -3.75. The number of hydrogen-bond acceptors (Lipinski definition) is 6. The molecule has 168 valence electrons. The number of carbonyl (C=O) groups is 1. The van der Waals surface area contributed by atoms with E-state index in [1.165, 1.54) is 17.3 Å². The molecule has 0 saturated heterocycles. The highest BCUT2D eigenvalue weighted by Gasteiger charge is 2.29. The quantitative estimate of drug-likeness (QED) is 0.404. The molecule has 2 atom stereocenters. The summed E-state index contributed by atoms with van der Waals surface area (Å²) in [5, 5.41) is 23.5. The van der Waals surface area contributed by atoms with Crippen LogP contribution in [0.1, 0.15) is 35.3 Å². The number of carbonyl (C=O) groups excluding carboxylic acids is 1. The second kappa shape index (κ2) is 9.01. The zero-order chi connectivity index (χ0) is 22.8. The van der Waals surface area contributed by atoms with Gasteiger partial charge in [-0.3, -0.25) is 4.40 Å². The molecule has 8 nitrogen and oxygen atoms in total. The summed E-state index contributed by atoms with van der Waals surface area (Å²) in [6.45, 7) is 0.379. The highest BCUT2D eigenvalue weighted by atomic mass is 16.5. The topological polar surface area (TPSA) is 109 Å². The van der Waals surface area contributed by atoms with Crippen LogP contribution in [0.3, 0.4) is 0 Å². The summed E-state index contributed by atoms with van der Waals surface area (Å²) < 4.78 is 7.11. The zero-order valence-electron chi connectivity index (χ0n) is 17.8. The van der Waals surface area contributed by atoms with E-state index >= 15 is 0 Å². The number of aromatic nitrogens is 3. The normalized spacial score (nSPS) is 14.5. The van der Waals surface area contributed by atoms with Crippen molar-refractivity contribution in [2.75, 3.05) is 13.2 Å². The predicted molar refractivity (Wildman–Crippen MR) is 122 cm³/mol. The largest absolute Gasteiger partial charge is 0.449 e. The third-order valence-corrected chi connectivity index (χ3v) is 6.04. The van der Waals surface area contributed by atoms with Gasteiger partial charge in [-0.1, -0.05) is 48.5 Å². The van der Waals surface area contributed by atoms with Crippen LogP contribution >= 0.6 is 0 Å². The summed E-state index contributed by atoms with van der Waals surface area (Å²) in [5.41, 5.74) is 5.07. The van der Waals surface area contributed by atoms with E-state index in [1.54, 1.807) is 22.9 Å². The Morgan fingerprint density at radius 3 is 2.45 bits per heavy atom. The van der Waals surface area contributed by atoms with Crippen LogP contribution in [0, 0.1) is 0 Å². The molecule has 1 amide bonds. The van der Waals surface area contributed by atoms with E-state index in [2.05, 4.69) is 39.6 Å². The van der Waals surface area contributed by atoms with Gasteiger partial charge in [-0.2, -0.15) is 0 Å². The highest BCUT2D eigenvalue weighted by Crippen LogP contribution is 2.44. The molecule has 33 heavy (non-hydrogen) atoms. The van der Waals surface area contributed by atoms with Crippen LogP contribution < -0.4 is 5.32 Å². The molecule has 0 fully saturated rings. The van der Waals surface area contributed by atoms with Crippen LogP contribution in [-0.4, -0.2) is 49.9 Å². The van der Waals surface area contributed by atoms with Gasteiger partial charge in [-0.15, -0.1) is 0 Å². The number of aliphatic hydroxyl groups is 2. The molecule has 1 aliphatic carbocycles. The van der Waals surface area contributed by atoms with E-state index in [9.17, 15) is 15.0 Å². The number of amides is 1. The first-order valence-electron chi connectivity index (χ1n) is 10.9. The van der Waals surface area contributed by atoms with Crippen LogP contribution in [0.15, 0.2) is 73.2 Å². The van der Waals surface area contributed by atoms with Gasteiger partial charge in [0.15, 0.2) is 0 Å². The molecular formula is C25H24N4O4. The average Bonchev–Trinajstić information content (AvgIpc) is 3.42. The van der Waals surface area contributed by atoms with E-state index in [-0.39, 0.29) is 25.5 Å². The predicted octanol–water partition coefficient (Wildman–Crippen LogP) is 3.05. The molecule has 1 aliphatic rings. The molecule has 0 aliphatic heterocycles. The lowest BCUT2D eigenvalue weighted by molar-refractivity contribution is 0.0107. The van der Waals surface area contributed by atoms with Gasteiger partial charge >= 0.3 is 6.09 Å². The van der Waals surface area contributed by atoms with Crippen molar-refractivity contribution < 1.29 is 19.7 Å². The van der Waals surface area contributed by atoms with Gasteiger partial charge in [0, 0.05) is 24.9 Å². The maximum atomic E-state index is 12.3. The maximum Gasteiger partial charge on any atom is 0.407 e. The van der Waals surface area contributed by atoms with Gasteiger partial charge < -0.3 is 20.3 Å².